The van der Waals surface area contributed by atoms with Crippen LogP contribution in [0.1, 0.15) is 85.8 Å². The number of nitrogens with zero attached hydrogens (tertiary/aromatic N) is 2. The highest BCUT2D eigenvalue weighted by atomic mass is 16.5. The van der Waals surface area contributed by atoms with Gasteiger partial charge in [0.05, 0.1) is 24.2 Å². The van der Waals surface area contributed by atoms with Gasteiger partial charge in [0, 0.05) is 29.1 Å². The molecule has 2 N–H and O–H groups in total. The fourth-order valence-electron chi connectivity index (χ4n) is 4.91. The first kappa shape index (κ1) is 28.5. The number of hydrogen-bond donors (Lipinski definition) is 2. The second-order valence-corrected chi connectivity index (χ2v) is 11.6. The molecule has 1 aliphatic carbocycles. The van der Waals surface area contributed by atoms with Crippen LogP contribution in [0.3, 0.4) is 0 Å². The number of carbonyl (C=O) groups is 2. The van der Waals surface area contributed by atoms with Crippen LogP contribution in [-0.2, 0) is 17.9 Å². The van der Waals surface area contributed by atoms with Crippen molar-refractivity contribution >= 4 is 28.5 Å². The topological polar surface area (TPSA) is 101 Å². The lowest BCUT2D eigenvalue weighted by atomic mass is 10.0. The van der Waals surface area contributed by atoms with E-state index in [9.17, 15) is 19.5 Å². The second-order valence-electron chi connectivity index (χ2n) is 11.6. The lowest BCUT2D eigenvalue weighted by Crippen LogP contribution is -2.45. The van der Waals surface area contributed by atoms with E-state index >= 15 is 0 Å². The Morgan fingerprint density at radius 2 is 1.86 bits per heavy atom. The Balaban J connectivity index is 2.21. The number of ether oxygens (including phenoxy) is 1. The number of fused-ring (bicyclic) bond motifs is 1. The number of aromatic nitrogens is 1. The number of pyridine rings is 1. The Kier molecular flexibility index (Phi) is 9.26. The highest BCUT2D eigenvalue weighted by Crippen LogP contribution is 2.34. The average molecular weight is 514 g/mol. The number of carboxylic acid groups (broad SMARTS) is 1. The minimum atomic E-state index is -1.06. The Morgan fingerprint density at radius 1 is 1.19 bits per heavy atom. The van der Waals surface area contributed by atoms with Gasteiger partial charge in [-0.3, -0.25) is 14.5 Å². The molecule has 1 fully saturated rings. The molecular formula is C29H43N3O5. The molecule has 1 heterocycles. The van der Waals surface area contributed by atoms with E-state index in [2.05, 4.69) is 12.2 Å². The van der Waals surface area contributed by atoms with E-state index in [1.807, 2.05) is 34.6 Å². The summed E-state index contributed by atoms with van der Waals surface area (Å²) in [5, 5.41) is 14.1. The predicted molar refractivity (Wildman–Crippen MR) is 147 cm³/mol. The van der Waals surface area contributed by atoms with Gasteiger partial charge in [-0.15, -0.1) is 0 Å². The zero-order valence-electron chi connectivity index (χ0n) is 23.2. The van der Waals surface area contributed by atoms with E-state index in [-0.39, 0.29) is 29.8 Å². The first-order valence-corrected chi connectivity index (χ1v) is 13.6. The van der Waals surface area contributed by atoms with Gasteiger partial charge in [0.25, 0.3) is 5.56 Å². The number of amides is 2. The minimum absolute atomic E-state index is 0.00320. The van der Waals surface area contributed by atoms with E-state index in [0.29, 0.717) is 41.1 Å². The van der Waals surface area contributed by atoms with Gasteiger partial charge >= 0.3 is 6.09 Å². The molecule has 1 aromatic heterocycles. The monoisotopic (exact) mass is 513 g/mol. The fourth-order valence-corrected chi connectivity index (χ4v) is 4.91. The molecular weight excluding hydrogens is 470 g/mol. The van der Waals surface area contributed by atoms with Crippen molar-refractivity contribution in [3.8, 4) is 5.75 Å². The summed E-state index contributed by atoms with van der Waals surface area (Å²) in [5.74, 6) is 0.691. The zero-order chi connectivity index (χ0) is 27.3. The Bertz CT molecular complexity index is 1170. The van der Waals surface area contributed by atoms with Gasteiger partial charge in [-0.2, -0.15) is 0 Å². The molecule has 1 saturated carbocycles. The van der Waals surface area contributed by atoms with Crippen LogP contribution in [-0.4, -0.2) is 38.7 Å². The van der Waals surface area contributed by atoms with E-state index in [4.69, 9.17) is 4.74 Å². The van der Waals surface area contributed by atoms with E-state index < -0.39 is 11.6 Å². The van der Waals surface area contributed by atoms with Gasteiger partial charge in [0.15, 0.2) is 0 Å². The quantitative estimate of drug-likeness (QED) is 0.366. The predicted octanol–water partition coefficient (Wildman–Crippen LogP) is 6.24. The standard InChI is InChI=1S/C29H43N3O5/c1-7-8-15-37-25-23-16-21(30-26(33)20-11-9-10-12-20)13-14-22(23)27(34)31(17-19(2)3)24(25)18-32(28(35)36)29(4,5)6/h13-14,16,19-20H,7-12,15,17-18H2,1-6H3,(H,30,33)(H,35,36). The smallest absolute Gasteiger partial charge is 0.408 e. The van der Waals surface area contributed by atoms with Crippen LogP contribution in [0.5, 0.6) is 5.75 Å². The van der Waals surface area contributed by atoms with Crippen LogP contribution < -0.4 is 15.6 Å². The minimum Gasteiger partial charge on any atom is -0.491 e. The molecule has 1 aliphatic rings. The van der Waals surface area contributed by atoms with Gasteiger partial charge < -0.3 is 19.7 Å². The number of benzene rings is 1. The van der Waals surface area contributed by atoms with E-state index in [1.54, 1.807) is 22.8 Å². The summed E-state index contributed by atoms with van der Waals surface area (Å²) < 4.78 is 8.00. The van der Waals surface area contributed by atoms with Crippen LogP contribution in [0.2, 0.25) is 0 Å². The van der Waals surface area contributed by atoms with E-state index in [1.165, 1.54) is 4.90 Å². The van der Waals surface area contributed by atoms with Gasteiger partial charge in [-0.25, -0.2) is 4.79 Å². The number of nitrogens with one attached hydrogen (secondary N) is 1. The Labute approximate surface area is 220 Å². The van der Waals surface area contributed by atoms with Crippen LogP contribution >= 0.6 is 0 Å². The van der Waals surface area contributed by atoms with Crippen LogP contribution in [0.25, 0.3) is 10.8 Å². The summed E-state index contributed by atoms with van der Waals surface area (Å²) in [6.45, 7) is 12.5. The normalized spacial score (nSPS) is 14.4. The van der Waals surface area contributed by atoms with Crippen molar-refractivity contribution in [1.82, 2.24) is 9.47 Å². The average Bonchev–Trinajstić information content (AvgIpc) is 3.35. The van der Waals surface area contributed by atoms with Crippen LogP contribution in [0.4, 0.5) is 10.5 Å². The molecule has 0 bridgehead atoms. The fraction of sp³-hybridized carbons (Fsp3) is 0.621. The molecule has 2 aromatic rings. The molecule has 8 heteroatoms. The molecule has 0 saturated heterocycles. The van der Waals surface area contributed by atoms with Crippen molar-refractivity contribution < 1.29 is 19.4 Å². The first-order chi connectivity index (χ1) is 17.4. The van der Waals surface area contributed by atoms with Crippen molar-refractivity contribution in [2.45, 2.75) is 98.7 Å². The van der Waals surface area contributed by atoms with Crippen LogP contribution in [0, 0.1) is 11.8 Å². The highest BCUT2D eigenvalue weighted by molar-refractivity contribution is 5.97. The first-order valence-electron chi connectivity index (χ1n) is 13.6. The molecule has 37 heavy (non-hydrogen) atoms. The summed E-state index contributed by atoms with van der Waals surface area (Å²) in [5.41, 5.74) is 0.285. The van der Waals surface area contributed by atoms with Crippen molar-refractivity contribution in [1.29, 1.82) is 0 Å². The number of rotatable bonds is 10. The van der Waals surface area contributed by atoms with Crippen LogP contribution in [0.15, 0.2) is 23.0 Å². The van der Waals surface area contributed by atoms with Crippen molar-refractivity contribution in [2.24, 2.45) is 11.8 Å². The molecule has 204 valence electrons. The van der Waals surface area contributed by atoms with Gasteiger partial charge in [0.2, 0.25) is 5.91 Å². The molecule has 0 atom stereocenters. The lowest BCUT2D eigenvalue weighted by molar-refractivity contribution is -0.119. The molecule has 0 spiro atoms. The zero-order valence-corrected chi connectivity index (χ0v) is 23.2. The molecule has 8 nitrogen and oxygen atoms in total. The van der Waals surface area contributed by atoms with Crippen molar-refractivity contribution in [2.75, 3.05) is 11.9 Å². The number of carbonyl (C=O) groups excluding carboxylic acids is 1. The summed E-state index contributed by atoms with van der Waals surface area (Å²) in [6.07, 6.45) is 4.62. The SMILES string of the molecule is CCCCOc1c(CN(C(=O)O)C(C)(C)C)n(CC(C)C)c(=O)c2ccc(NC(=O)C3CCCC3)cc12. The molecule has 0 radical (unpaired) electrons. The van der Waals surface area contributed by atoms with Crippen molar-refractivity contribution in [3.05, 3.63) is 34.2 Å². The summed E-state index contributed by atoms with van der Waals surface area (Å²) in [4.78, 5) is 40.2. The number of anilines is 1. The Hall–Kier alpha value is -3.03. The summed E-state index contributed by atoms with van der Waals surface area (Å²) in [6, 6.07) is 5.31. The highest BCUT2D eigenvalue weighted by Gasteiger charge is 2.30. The largest absolute Gasteiger partial charge is 0.491 e. The lowest BCUT2D eigenvalue weighted by Gasteiger charge is -2.34. The maximum atomic E-state index is 13.8. The Morgan fingerprint density at radius 3 is 2.43 bits per heavy atom. The van der Waals surface area contributed by atoms with Gasteiger partial charge in [0.1, 0.15) is 5.75 Å². The molecule has 0 aliphatic heterocycles. The van der Waals surface area contributed by atoms with E-state index in [0.717, 1.165) is 38.5 Å². The summed E-state index contributed by atoms with van der Waals surface area (Å²) in [7, 11) is 0. The molecule has 1 aromatic carbocycles. The summed E-state index contributed by atoms with van der Waals surface area (Å²) >= 11 is 0. The third kappa shape index (κ3) is 6.84. The number of unbranched alkanes of at least 4 members (excludes halogenated alkanes) is 1. The third-order valence-electron chi connectivity index (χ3n) is 6.96. The second kappa shape index (κ2) is 12.0. The molecule has 0 unspecified atom stereocenters. The third-order valence-corrected chi connectivity index (χ3v) is 6.96. The molecule has 2 amide bonds. The van der Waals surface area contributed by atoms with Gasteiger partial charge in [-0.05, 0) is 64.2 Å². The maximum Gasteiger partial charge on any atom is 0.408 e. The van der Waals surface area contributed by atoms with Gasteiger partial charge in [-0.1, -0.05) is 40.0 Å². The maximum absolute atomic E-state index is 13.8. The molecule has 3 rings (SSSR count). The number of hydrogen-bond acceptors (Lipinski definition) is 4. The van der Waals surface area contributed by atoms with Crippen molar-refractivity contribution in [3.63, 3.8) is 0 Å².